The van der Waals surface area contributed by atoms with E-state index in [1.807, 2.05) is 31.3 Å². The van der Waals surface area contributed by atoms with Crippen LogP contribution in [0, 0.1) is 0 Å². The predicted molar refractivity (Wildman–Crippen MR) is 54.9 cm³/mol. The monoisotopic (exact) mass is 229 g/mol. The summed E-state index contributed by atoms with van der Waals surface area (Å²) < 4.78 is 1.03. The smallest absolute Gasteiger partial charge is 0.107 e. The Morgan fingerprint density at radius 2 is 2.09 bits per heavy atom. The maximum atomic E-state index is 5.07. The SMILES string of the molecule is CNC(=S)c1ccccc1Br. The second-order valence-corrected chi connectivity index (χ2v) is 3.32. The lowest BCUT2D eigenvalue weighted by molar-refractivity contribution is 1.20. The van der Waals surface area contributed by atoms with Crippen molar-refractivity contribution < 1.29 is 0 Å². The van der Waals surface area contributed by atoms with Crippen LogP contribution in [0.5, 0.6) is 0 Å². The van der Waals surface area contributed by atoms with Gasteiger partial charge in [-0.3, -0.25) is 0 Å². The van der Waals surface area contributed by atoms with Crippen molar-refractivity contribution in [2.75, 3.05) is 7.05 Å². The Bertz CT molecular complexity index is 273. The Morgan fingerprint density at radius 1 is 1.45 bits per heavy atom. The highest BCUT2D eigenvalue weighted by atomic mass is 79.9. The summed E-state index contributed by atoms with van der Waals surface area (Å²) in [4.78, 5) is 0.762. The van der Waals surface area contributed by atoms with E-state index in [0.717, 1.165) is 15.0 Å². The summed E-state index contributed by atoms with van der Waals surface area (Å²) in [7, 11) is 1.82. The molecule has 0 aliphatic rings. The fourth-order valence-corrected chi connectivity index (χ4v) is 1.57. The Kier molecular flexibility index (Phi) is 3.02. The second kappa shape index (κ2) is 3.83. The van der Waals surface area contributed by atoms with Crippen molar-refractivity contribution in [2.24, 2.45) is 0 Å². The van der Waals surface area contributed by atoms with Gasteiger partial charge in [-0.25, -0.2) is 0 Å². The van der Waals surface area contributed by atoms with Crippen molar-refractivity contribution in [1.82, 2.24) is 5.32 Å². The Labute approximate surface area is 79.9 Å². The van der Waals surface area contributed by atoms with Crippen molar-refractivity contribution in [3.63, 3.8) is 0 Å². The van der Waals surface area contributed by atoms with Crippen LogP contribution in [0.2, 0.25) is 0 Å². The topological polar surface area (TPSA) is 12.0 Å². The average molecular weight is 230 g/mol. The van der Waals surface area contributed by atoms with E-state index in [2.05, 4.69) is 21.2 Å². The molecule has 0 fully saturated rings. The molecule has 11 heavy (non-hydrogen) atoms. The molecule has 0 aliphatic heterocycles. The van der Waals surface area contributed by atoms with E-state index < -0.39 is 0 Å². The third-order valence-electron chi connectivity index (χ3n) is 1.35. The first-order chi connectivity index (χ1) is 5.25. The molecule has 1 N–H and O–H groups in total. The number of thiocarbonyl (C=S) groups is 1. The fourth-order valence-electron chi connectivity index (χ4n) is 0.780. The van der Waals surface area contributed by atoms with E-state index in [4.69, 9.17) is 12.2 Å². The largest absolute Gasteiger partial charge is 0.379 e. The zero-order valence-electron chi connectivity index (χ0n) is 6.10. The lowest BCUT2D eigenvalue weighted by Crippen LogP contribution is -2.16. The average Bonchev–Trinajstić information content (AvgIpc) is 2.04. The van der Waals surface area contributed by atoms with Crippen LogP contribution in [-0.4, -0.2) is 12.0 Å². The van der Waals surface area contributed by atoms with Crippen molar-refractivity contribution >= 4 is 33.1 Å². The van der Waals surface area contributed by atoms with Gasteiger partial charge in [-0.1, -0.05) is 46.3 Å². The Morgan fingerprint density at radius 3 is 2.64 bits per heavy atom. The molecule has 0 aliphatic carbocycles. The molecule has 1 aromatic carbocycles. The van der Waals surface area contributed by atoms with Gasteiger partial charge in [0.2, 0.25) is 0 Å². The molecule has 0 amide bonds. The Hall–Kier alpha value is -0.410. The summed E-state index contributed by atoms with van der Waals surface area (Å²) in [6.07, 6.45) is 0. The normalized spacial score (nSPS) is 9.27. The van der Waals surface area contributed by atoms with Gasteiger partial charge in [0.1, 0.15) is 4.99 Å². The molecular weight excluding hydrogens is 222 g/mol. The molecule has 0 heterocycles. The first-order valence-electron chi connectivity index (χ1n) is 3.22. The van der Waals surface area contributed by atoms with Crippen LogP contribution in [-0.2, 0) is 0 Å². The van der Waals surface area contributed by atoms with Gasteiger partial charge >= 0.3 is 0 Å². The van der Waals surface area contributed by atoms with E-state index >= 15 is 0 Å². The van der Waals surface area contributed by atoms with Crippen LogP contribution in [0.3, 0.4) is 0 Å². The highest BCUT2D eigenvalue weighted by molar-refractivity contribution is 9.10. The molecule has 0 saturated carbocycles. The zero-order chi connectivity index (χ0) is 8.27. The molecule has 3 heteroatoms. The van der Waals surface area contributed by atoms with E-state index in [1.165, 1.54) is 0 Å². The summed E-state index contributed by atoms with van der Waals surface area (Å²) >= 11 is 8.48. The van der Waals surface area contributed by atoms with Gasteiger partial charge in [0.15, 0.2) is 0 Å². The molecule has 0 aromatic heterocycles. The molecule has 1 nitrogen and oxygen atoms in total. The second-order valence-electron chi connectivity index (χ2n) is 2.06. The minimum absolute atomic E-state index is 0.762. The van der Waals surface area contributed by atoms with Crippen LogP contribution < -0.4 is 5.32 Å². The van der Waals surface area contributed by atoms with E-state index in [0.29, 0.717) is 0 Å². The van der Waals surface area contributed by atoms with Gasteiger partial charge in [-0.15, -0.1) is 0 Å². The lowest BCUT2D eigenvalue weighted by Gasteiger charge is -2.03. The minimum atomic E-state index is 0.762. The van der Waals surface area contributed by atoms with Gasteiger partial charge in [-0.05, 0) is 6.07 Å². The molecular formula is C8H8BrNS. The standard InChI is InChI=1S/C8H8BrNS/c1-10-8(11)6-4-2-3-5-7(6)9/h2-5H,1H3,(H,10,11). The maximum Gasteiger partial charge on any atom is 0.107 e. The summed E-state index contributed by atoms with van der Waals surface area (Å²) in [5.41, 5.74) is 1.03. The first kappa shape index (κ1) is 8.68. The van der Waals surface area contributed by atoms with Gasteiger partial charge in [-0.2, -0.15) is 0 Å². The molecule has 0 atom stereocenters. The number of halogens is 1. The van der Waals surface area contributed by atoms with Crippen molar-refractivity contribution in [1.29, 1.82) is 0 Å². The van der Waals surface area contributed by atoms with E-state index in [9.17, 15) is 0 Å². The predicted octanol–water partition coefficient (Wildman–Crippen LogP) is 2.34. The van der Waals surface area contributed by atoms with Crippen LogP contribution in [0.15, 0.2) is 28.7 Å². The van der Waals surface area contributed by atoms with Crippen LogP contribution in [0.25, 0.3) is 0 Å². The van der Waals surface area contributed by atoms with Gasteiger partial charge in [0.05, 0.1) is 0 Å². The van der Waals surface area contributed by atoms with Crippen LogP contribution >= 0.6 is 28.1 Å². The summed E-state index contributed by atoms with van der Waals surface area (Å²) in [5, 5.41) is 2.92. The molecule has 1 aromatic rings. The minimum Gasteiger partial charge on any atom is -0.379 e. The summed E-state index contributed by atoms with van der Waals surface area (Å²) in [6.45, 7) is 0. The fraction of sp³-hybridized carbons (Fsp3) is 0.125. The summed E-state index contributed by atoms with van der Waals surface area (Å²) in [5.74, 6) is 0. The van der Waals surface area contributed by atoms with E-state index in [1.54, 1.807) is 0 Å². The van der Waals surface area contributed by atoms with Crippen molar-refractivity contribution in [3.05, 3.63) is 34.3 Å². The number of benzene rings is 1. The first-order valence-corrected chi connectivity index (χ1v) is 4.42. The molecule has 0 saturated heterocycles. The molecule has 0 spiro atoms. The number of rotatable bonds is 1. The Balaban J connectivity index is 3.03. The van der Waals surface area contributed by atoms with Crippen molar-refractivity contribution in [3.8, 4) is 0 Å². The number of hydrogen-bond acceptors (Lipinski definition) is 1. The molecule has 0 radical (unpaired) electrons. The summed E-state index contributed by atoms with van der Waals surface area (Å²) in [6, 6.07) is 7.87. The third-order valence-corrected chi connectivity index (χ3v) is 2.46. The molecule has 0 unspecified atom stereocenters. The molecule has 0 bridgehead atoms. The van der Waals surface area contributed by atoms with Gasteiger partial charge in [0, 0.05) is 17.1 Å². The molecule has 58 valence electrons. The quantitative estimate of drug-likeness (QED) is 0.743. The highest BCUT2D eigenvalue weighted by Crippen LogP contribution is 2.15. The zero-order valence-corrected chi connectivity index (χ0v) is 8.50. The number of hydrogen-bond donors (Lipinski definition) is 1. The third kappa shape index (κ3) is 2.01. The lowest BCUT2D eigenvalue weighted by atomic mass is 10.2. The highest BCUT2D eigenvalue weighted by Gasteiger charge is 2.00. The number of nitrogens with one attached hydrogen (secondary N) is 1. The van der Waals surface area contributed by atoms with Gasteiger partial charge < -0.3 is 5.32 Å². The van der Waals surface area contributed by atoms with Crippen LogP contribution in [0.4, 0.5) is 0 Å². The van der Waals surface area contributed by atoms with Crippen molar-refractivity contribution in [2.45, 2.75) is 0 Å². The molecule has 1 rings (SSSR count). The maximum absolute atomic E-state index is 5.07. The van der Waals surface area contributed by atoms with Gasteiger partial charge in [0.25, 0.3) is 0 Å². The van der Waals surface area contributed by atoms with E-state index in [-0.39, 0.29) is 0 Å². The van der Waals surface area contributed by atoms with Crippen LogP contribution in [0.1, 0.15) is 5.56 Å².